The molecule has 0 aliphatic carbocycles. The SMILES string of the molecule is C=C(Cl)CNCC(N)C(=O)O. The number of hydrogen-bond acceptors (Lipinski definition) is 3. The summed E-state index contributed by atoms with van der Waals surface area (Å²) in [7, 11) is 0. The van der Waals surface area contributed by atoms with Gasteiger partial charge in [0.1, 0.15) is 6.04 Å². The summed E-state index contributed by atoms with van der Waals surface area (Å²) >= 11 is 5.40. The van der Waals surface area contributed by atoms with Gasteiger partial charge in [-0.1, -0.05) is 18.2 Å². The summed E-state index contributed by atoms with van der Waals surface area (Å²) in [4.78, 5) is 10.2. The van der Waals surface area contributed by atoms with Crippen molar-refractivity contribution in [1.29, 1.82) is 0 Å². The molecule has 0 spiro atoms. The van der Waals surface area contributed by atoms with Gasteiger partial charge in [-0.15, -0.1) is 0 Å². The van der Waals surface area contributed by atoms with Crippen LogP contribution in [0.25, 0.3) is 0 Å². The van der Waals surface area contributed by atoms with Crippen molar-refractivity contribution in [3.63, 3.8) is 0 Å². The lowest BCUT2D eigenvalue weighted by molar-refractivity contribution is -0.138. The van der Waals surface area contributed by atoms with E-state index in [-0.39, 0.29) is 6.54 Å². The molecule has 0 radical (unpaired) electrons. The summed E-state index contributed by atoms with van der Waals surface area (Å²) in [6.07, 6.45) is 0. The first-order valence-corrected chi connectivity index (χ1v) is 3.44. The highest BCUT2D eigenvalue weighted by atomic mass is 35.5. The summed E-state index contributed by atoms with van der Waals surface area (Å²) in [6.45, 7) is 3.98. The monoisotopic (exact) mass is 178 g/mol. The smallest absolute Gasteiger partial charge is 0.321 e. The summed E-state index contributed by atoms with van der Waals surface area (Å²) in [6, 6.07) is -0.883. The van der Waals surface area contributed by atoms with Gasteiger partial charge in [0.15, 0.2) is 0 Å². The van der Waals surface area contributed by atoms with Crippen LogP contribution in [0.5, 0.6) is 0 Å². The standard InChI is InChI=1S/C6H11ClN2O2/c1-4(7)2-9-3-5(8)6(10)11/h5,9H,1-3,8H2,(H,10,11). The van der Waals surface area contributed by atoms with E-state index in [1.807, 2.05) is 0 Å². The second kappa shape index (κ2) is 5.12. The number of halogens is 1. The Morgan fingerprint density at radius 3 is 2.73 bits per heavy atom. The summed E-state index contributed by atoms with van der Waals surface area (Å²) in [5.41, 5.74) is 5.17. The molecular weight excluding hydrogens is 168 g/mol. The molecule has 0 bridgehead atoms. The van der Waals surface area contributed by atoms with Crippen LogP contribution < -0.4 is 11.1 Å². The molecule has 0 aromatic heterocycles. The number of nitrogens with two attached hydrogens (primary N) is 1. The number of hydrogen-bond donors (Lipinski definition) is 3. The predicted molar refractivity (Wildman–Crippen MR) is 43.5 cm³/mol. The number of aliphatic carboxylic acids is 1. The molecule has 0 fully saturated rings. The molecule has 4 N–H and O–H groups in total. The fraction of sp³-hybridized carbons (Fsp3) is 0.500. The second-order valence-electron chi connectivity index (χ2n) is 2.09. The highest BCUT2D eigenvalue weighted by Crippen LogP contribution is 1.91. The Morgan fingerprint density at radius 2 is 2.36 bits per heavy atom. The zero-order valence-electron chi connectivity index (χ0n) is 6.01. The molecule has 1 unspecified atom stereocenters. The van der Waals surface area contributed by atoms with E-state index in [1.165, 1.54) is 0 Å². The largest absolute Gasteiger partial charge is 0.480 e. The average Bonchev–Trinajstić information content (AvgIpc) is 1.86. The third-order valence-electron chi connectivity index (χ3n) is 0.998. The van der Waals surface area contributed by atoms with Gasteiger partial charge in [-0.3, -0.25) is 4.79 Å². The fourth-order valence-electron chi connectivity index (χ4n) is 0.451. The average molecular weight is 179 g/mol. The minimum atomic E-state index is -1.03. The molecule has 0 rings (SSSR count). The van der Waals surface area contributed by atoms with Crippen molar-refractivity contribution in [1.82, 2.24) is 5.32 Å². The molecule has 0 aromatic rings. The molecule has 0 aliphatic heterocycles. The third kappa shape index (κ3) is 5.84. The van der Waals surface area contributed by atoms with Crippen molar-refractivity contribution < 1.29 is 9.90 Å². The van der Waals surface area contributed by atoms with Crippen LogP contribution in [0.15, 0.2) is 11.6 Å². The molecule has 0 aliphatic rings. The summed E-state index contributed by atoms with van der Waals surface area (Å²) in [5.74, 6) is -1.03. The lowest BCUT2D eigenvalue weighted by Gasteiger charge is -2.06. The van der Waals surface area contributed by atoms with Gasteiger partial charge in [-0.05, 0) is 0 Å². The van der Waals surface area contributed by atoms with Gasteiger partial charge in [0.05, 0.1) is 0 Å². The lowest BCUT2D eigenvalue weighted by Crippen LogP contribution is -2.40. The molecule has 0 saturated carbocycles. The van der Waals surface area contributed by atoms with Crippen LogP contribution >= 0.6 is 11.6 Å². The van der Waals surface area contributed by atoms with Crippen LogP contribution in [0.1, 0.15) is 0 Å². The van der Waals surface area contributed by atoms with Crippen molar-refractivity contribution >= 4 is 17.6 Å². The Labute approximate surface area is 70.0 Å². The minimum absolute atomic E-state index is 0.196. The predicted octanol–water partition coefficient (Wildman–Crippen LogP) is -0.260. The molecule has 64 valence electrons. The quantitative estimate of drug-likeness (QED) is 0.542. The Kier molecular flexibility index (Phi) is 4.85. The first kappa shape index (κ1) is 10.4. The van der Waals surface area contributed by atoms with E-state index in [9.17, 15) is 4.79 Å². The van der Waals surface area contributed by atoms with Gasteiger partial charge in [0.2, 0.25) is 0 Å². The Morgan fingerprint density at radius 1 is 1.82 bits per heavy atom. The molecule has 0 heterocycles. The fourth-order valence-corrected chi connectivity index (χ4v) is 0.545. The highest BCUT2D eigenvalue weighted by molar-refractivity contribution is 6.29. The van der Waals surface area contributed by atoms with Gasteiger partial charge in [-0.2, -0.15) is 0 Å². The van der Waals surface area contributed by atoms with Crippen molar-refractivity contribution in [2.75, 3.05) is 13.1 Å². The van der Waals surface area contributed by atoms with Crippen LogP contribution in [0.3, 0.4) is 0 Å². The molecule has 11 heavy (non-hydrogen) atoms. The number of carboxylic acid groups (broad SMARTS) is 1. The first-order valence-electron chi connectivity index (χ1n) is 3.06. The van der Waals surface area contributed by atoms with Gasteiger partial charge in [0, 0.05) is 18.1 Å². The van der Waals surface area contributed by atoms with Crippen LogP contribution in [0.4, 0.5) is 0 Å². The Balaban J connectivity index is 3.39. The number of rotatable bonds is 5. The minimum Gasteiger partial charge on any atom is -0.480 e. The van der Waals surface area contributed by atoms with Crippen molar-refractivity contribution in [3.8, 4) is 0 Å². The number of carboxylic acids is 1. The molecule has 0 aromatic carbocycles. The number of nitrogens with one attached hydrogen (secondary N) is 1. The normalized spacial score (nSPS) is 12.5. The molecular formula is C6H11ClN2O2. The van der Waals surface area contributed by atoms with E-state index in [1.54, 1.807) is 0 Å². The van der Waals surface area contributed by atoms with Crippen LogP contribution in [-0.2, 0) is 4.79 Å². The molecule has 4 nitrogen and oxygen atoms in total. The van der Waals surface area contributed by atoms with E-state index in [2.05, 4.69) is 11.9 Å². The van der Waals surface area contributed by atoms with Gasteiger partial charge in [-0.25, -0.2) is 0 Å². The van der Waals surface area contributed by atoms with E-state index < -0.39 is 12.0 Å². The van der Waals surface area contributed by atoms with Gasteiger partial charge in [0.25, 0.3) is 0 Å². The Bertz CT molecular complexity index is 161. The first-order chi connectivity index (χ1) is 5.04. The van der Waals surface area contributed by atoms with E-state index in [4.69, 9.17) is 22.4 Å². The lowest BCUT2D eigenvalue weighted by atomic mass is 10.3. The van der Waals surface area contributed by atoms with E-state index in [0.717, 1.165) is 0 Å². The molecule has 0 amide bonds. The Hall–Kier alpha value is -0.580. The van der Waals surface area contributed by atoms with E-state index in [0.29, 0.717) is 11.6 Å². The maximum Gasteiger partial charge on any atom is 0.321 e. The zero-order valence-corrected chi connectivity index (χ0v) is 6.77. The van der Waals surface area contributed by atoms with Gasteiger partial charge < -0.3 is 16.2 Å². The third-order valence-corrected chi connectivity index (χ3v) is 1.13. The molecule has 0 saturated heterocycles. The summed E-state index contributed by atoms with van der Waals surface area (Å²) < 4.78 is 0. The zero-order chi connectivity index (χ0) is 8.85. The van der Waals surface area contributed by atoms with E-state index >= 15 is 0 Å². The summed E-state index contributed by atoms with van der Waals surface area (Å²) in [5, 5.41) is 11.5. The maximum atomic E-state index is 10.2. The van der Waals surface area contributed by atoms with Crippen molar-refractivity contribution in [3.05, 3.63) is 11.6 Å². The van der Waals surface area contributed by atoms with Crippen molar-refractivity contribution in [2.24, 2.45) is 5.73 Å². The second-order valence-corrected chi connectivity index (χ2v) is 2.63. The molecule has 5 heteroatoms. The van der Waals surface area contributed by atoms with Crippen LogP contribution in [0.2, 0.25) is 0 Å². The van der Waals surface area contributed by atoms with Crippen LogP contribution in [-0.4, -0.2) is 30.2 Å². The number of carbonyl (C=O) groups is 1. The molecule has 1 atom stereocenters. The topological polar surface area (TPSA) is 75.3 Å². The highest BCUT2D eigenvalue weighted by Gasteiger charge is 2.09. The van der Waals surface area contributed by atoms with Gasteiger partial charge >= 0.3 is 5.97 Å². The van der Waals surface area contributed by atoms with Crippen LogP contribution in [0, 0.1) is 0 Å². The van der Waals surface area contributed by atoms with Crippen molar-refractivity contribution in [2.45, 2.75) is 6.04 Å². The maximum absolute atomic E-state index is 10.2.